The highest BCUT2D eigenvalue weighted by molar-refractivity contribution is 5.83. The predicted octanol–water partition coefficient (Wildman–Crippen LogP) is 2.95. The first kappa shape index (κ1) is 11.0. The van der Waals surface area contributed by atoms with Crippen molar-refractivity contribution in [3.05, 3.63) is 65.6 Å². The average Bonchev–Trinajstić information content (AvgIpc) is 2.87. The first-order valence-electron chi connectivity index (χ1n) is 5.92. The summed E-state index contributed by atoms with van der Waals surface area (Å²) in [4.78, 5) is 7.43. The first-order chi connectivity index (χ1) is 8.75. The molecular weight excluding hydrogens is 224 g/mol. The molecule has 3 heteroatoms. The fraction of sp³-hybridized carbons (Fsp3) is 0.133. The molecule has 1 aromatic carbocycles. The maximum absolute atomic E-state index is 10.4. The Morgan fingerprint density at radius 3 is 2.83 bits per heavy atom. The third-order valence-corrected chi connectivity index (χ3v) is 3.14. The van der Waals surface area contributed by atoms with Crippen LogP contribution in [0.25, 0.3) is 10.9 Å². The molecule has 0 aliphatic carbocycles. The number of aryl methyl sites for hydroxylation is 1. The van der Waals surface area contributed by atoms with Crippen molar-refractivity contribution in [2.45, 2.75) is 13.0 Å². The van der Waals surface area contributed by atoms with Crippen LogP contribution in [0.5, 0.6) is 0 Å². The molecule has 2 N–H and O–H groups in total. The maximum atomic E-state index is 10.4. The summed E-state index contributed by atoms with van der Waals surface area (Å²) in [7, 11) is 0. The van der Waals surface area contributed by atoms with Crippen molar-refractivity contribution in [2.75, 3.05) is 0 Å². The number of nitrogens with zero attached hydrogens (tertiary/aromatic N) is 1. The number of hydrogen-bond acceptors (Lipinski definition) is 2. The Hall–Kier alpha value is -2.13. The van der Waals surface area contributed by atoms with Crippen molar-refractivity contribution in [2.24, 2.45) is 0 Å². The van der Waals surface area contributed by atoms with Crippen LogP contribution < -0.4 is 0 Å². The number of H-pyrrole nitrogens is 1. The smallest absolute Gasteiger partial charge is 0.122 e. The van der Waals surface area contributed by atoms with E-state index in [2.05, 4.69) is 9.97 Å². The minimum absolute atomic E-state index is 0.675. The van der Waals surface area contributed by atoms with E-state index in [4.69, 9.17) is 0 Å². The standard InChI is InChI=1S/C15H14N2O/c1-10-5-6-14(17-9-10)15(18)12-3-2-4-13-11(12)7-8-16-13/h2-9,15-16,18H,1H3. The number of pyridine rings is 1. The third kappa shape index (κ3) is 1.79. The van der Waals surface area contributed by atoms with Gasteiger partial charge in [-0.15, -0.1) is 0 Å². The molecule has 0 aliphatic rings. The van der Waals surface area contributed by atoms with Crippen molar-refractivity contribution >= 4 is 10.9 Å². The zero-order chi connectivity index (χ0) is 12.5. The van der Waals surface area contributed by atoms with Crippen LogP contribution in [0.2, 0.25) is 0 Å². The Bertz CT molecular complexity index is 670. The van der Waals surface area contributed by atoms with E-state index in [0.29, 0.717) is 5.69 Å². The molecule has 3 rings (SSSR count). The summed E-state index contributed by atoms with van der Waals surface area (Å²) in [6, 6.07) is 11.7. The molecule has 0 saturated heterocycles. The first-order valence-corrected chi connectivity index (χ1v) is 5.92. The van der Waals surface area contributed by atoms with Gasteiger partial charge in [-0.05, 0) is 36.2 Å². The molecule has 3 aromatic rings. The van der Waals surface area contributed by atoms with Crippen LogP contribution in [-0.4, -0.2) is 15.1 Å². The van der Waals surface area contributed by atoms with Crippen LogP contribution in [0.4, 0.5) is 0 Å². The molecule has 2 aromatic heterocycles. The van der Waals surface area contributed by atoms with Crippen molar-refractivity contribution in [3.8, 4) is 0 Å². The van der Waals surface area contributed by atoms with Gasteiger partial charge in [0.25, 0.3) is 0 Å². The summed E-state index contributed by atoms with van der Waals surface area (Å²) in [6.45, 7) is 1.98. The lowest BCUT2D eigenvalue weighted by Crippen LogP contribution is -2.02. The molecule has 1 unspecified atom stereocenters. The molecule has 0 spiro atoms. The minimum Gasteiger partial charge on any atom is -0.382 e. The van der Waals surface area contributed by atoms with Crippen molar-refractivity contribution < 1.29 is 5.11 Å². The van der Waals surface area contributed by atoms with E-state index in [0.717, 1.165) is 22.0 Å². The summed E-state index contributed by atoms with van der Waals surface area (Å²) in [5.74, 6) is 0. The predicted molar refractivity (Wildman–Crippen MR) is 71.3 cm³/mol. The normalized spacial score (nSPS) is 12.8. The summed E-state index contributed by atoms with van der Waals surface area (Å²) in [6.07, 6.45) is 2.96. The molecule has 3 nitrogen and oxygen atoms in total. The number of fused-ring (bicyclic) bond motifs is 1. The number of aliphatic hydroxyl groups is 1. The van der Waals surface area contributed by atoms with Crippen LogP contribution >= 0.6 is 0 Å². The number of aromatic amines is 1. The minimum atomic E-state index is -0.690. The summed E-state index contributed by atoms with van der Waals surface area (Å²) in [5, 5.41) is 11.5. The fourth-order valence-electron chi connectivity index (χ4n) is 2.15. The van der Waals surface area contributed by atoms with Gasteiger partial charge in [-0.2, -0.15) is 0 Å². The van der Waals surface area contributed by atoms with Crippen molar-refractivity contribution in [1.29, 1.82) is 0 Å². The number of nitrogens with one attached hydrogen (secondary N) is 1. The van der Waals surface area contributed by atoms with Gasteiger partial charge in [-0.3, -0.25) is 4.98 Å². The Morgan fingerprint density at radius 1 is 1.17 bits per heavy atom. The van der Waals surface area contributed by atoms with Gasteiger partial charge in [0.15, 0.2) is 0 Å². The molecule has 0 fully saturated rings. The molecule has 18 heavy (non-hydrogen) atoms. The fourth-order valence-corrected chi connectivity index (χ4v) is 2.15. The van der Waals surface area contributed by atoms with Gasteiger partial charge in [-0.1, -0.05) is 18.2 Å². The Kier molecular flexibility index (Phi) is 2.61. The molecule has 2 heterocycles. The number of benzene rings is 1. The zero-order valence-corrected chi connectivity index (χ0v) is 10.1. The van der Waals surface area contributed by atoms with E-state index < -0.39 is 6.10 Å². The van der Waals surface area contributed by atoms with E-state index in [9.17, 15) is 5.11 Å². The summed E-state index contributed by atoms with van der Waals surface area (Å²) < 4.78 is 0. The highest BCUT2D eigenvalue weighted by Gasteiger charge is 2.14. The number of rotatable bonds is 2. The van der Waals surface area contributed by atoms with Gasteiger partial charge in [0.2, 0.25) is 0 Å². The van der Waals surface area contributed by atoms with E-state index >= 15 is 0 Å². The third-order valence-electron chi connectivity index (χ3n) is 3.14. The molecular formula is C15H14N2O. The van der Waals surface area contributed by atoms with Crippen LogP contribution in [0, 0.1) is 6.92 Å². The monoisotopic (exact) mass is 238 g/mol. The molecule has 0 saturated carbocycles. The second-order valence-corrected chi connectivity index (χ2v) is 4.45. The maximum Gasteiger partial charge on any atom is 0.122 e. The second-order valence-electron chi connectivity index (χ2n) is 4.45. The SMILES string of the molecule is Cc1ccc(C(O)c2cccc3[nH]ccc23)nc1. The topological polar surface area (TPSA) is 48.9 Å². The molecule has 0 amide bonds. The quantitative estimate of drug-likeness (QED) is 0.721. The van der Waals surface area contributed by atoms with Gasteiger partial charge in [-0.25, -0.2) is 0 Å². The van der Waals surface area contributed by atoms with Gasteiger partial charge >= 0.3 is 0 Å². The lowest BCUT2D eigenvalue weighted by atomic mass is 10.0. The van der Waals surface area contributed by atoms with Crippen LogP contribution in [0.1, 0.15) is 22.9 Å². The Morgan fingerprint density at radius 2 is 2.06 bits per heavy atom. The van der Waals surface area contributed by atoms with Crippen molar-refractivity contribution in [3.63, 3.8) is 0 Å². The van der Waals surface area contributed by atoms with Crippen molar-refractivity contribution in [1.82, 2.24) is 9.97 Å². The van der Waals surface area contributed by atoms with Gasteiger partial charge in [0, 0.05) is 23.3 Å². The second kappa shape index (κ2) is 4.27. The average molecular weight is 238 g/mol. The lowest BCUT2D eigenvalue weighted by molar-refractivity contribution is 0.217. The number of hydrogen-bond donors (Lipinski definition) is 2. The molecule has 90 valence electrons. The zero-order valence-electron chi connectivity index (χ0n) is 10.1. The van der Waals surface area contributed by atoms with E-state index in [1.807, 2.05) is 49.5 Å². The van der Waals surface area contributed by atoms with Crippen LogP contribution in [0.15, 0.2) is 48.8 Å². The van der Waals surface area contributed by atoms with Crippen LogP contribution in [0.3, 0.4) is 0 Å². The molecule has 1 atom stereocenters. The van der Waals surface area contributed by atoms with E-state index in [1.165, 1.54) is 0 Å². The van der Waals surface area contributed by atoms with Gasteiger partial charge in [0.05, 0.1) is 5.69 Å². The Balaban J connectivity index is 2.08. The molecule has 0 bridgehead atoms. The highest BCUT2D eigenvalue weighted by atomic mass is 16.3. The summed E-state index contributed by atoms with van der Waals surface area (Å²) in [5.41, 5.74) is 3.67. The highest BCUT2D eigenvalue weighted by Crippen LogP contribution is 2.27. The van der Waals surface area contributed by atoms with Crippen LogP contribution in [-0.2, 0) is 0 Å². The number of aromatic nitrogens is 2. The summed E-state index contributed by atoms with van der Waals surface area (Å²) >= 11 is 0. The van der Waals surface area contributed by atoms with E-state index in [1.54, 1.807) is 6.20 Å². The van der Waals surface area contributed by atoms with E-state index in [-0.39, 0.29) is 0 Å². The van der Waals surface area contributed by atoms with Gasteiger partial charge < -0.3 is 10.1 Å². The molecule has 0 aliphatic heterocycles. The Labute approximate surface area is 105 Å². The molecule has 0 radical (unpaired) electrons. The lowest BCUT2D eigenvalue weighted by Gasteiger charge is -2.12. The number of aliphatic hydroxyl groups excluding tert-OH is 1. The largest absolute Gasteiger partial charge is 0.382 e. The van der Waals surface area contributed by atoms with Gasteiger partial charge in [0.1, 0.15) is 6.10 Å².